The fourth-order valence-corrected chi connectivity index (χ4v) is 6.49. The molecule has 0 radical (unpaired) electrons. The van der Waals surface area contributed by atoms with Crippen LogP contribution in [0.3, 0.4) is 0 Å². The number of methoxy groups -OCH3 is 1. The van der Waals surface area contributed by atoms with Crippen molar-refractivity contribution in [3.8, 4) is 5.75 Å². The van der Waals surface area contributed by atoms with E-state index in [1.165, 1.54) is 22.2 Å². The van der Waals surface area contributed by atoms with Gasteiger partial charge in [-0.15, -0.1) is 21.5 Å². The van der Waals surface area contributed by atoms with E-state index < -0.39 is 0 Å². The maximum absolute atomic E-state index is 12.6. The van der Waals surface area contributed by atoms with Crippen molar-refractivity contribution in [3.05, 3.63) is 34.7 Å². The maximum atomic E-state index is 12.6. The van der Waals surface area contributed by atoms with E-state index >= 15 is 0 Å². The number of thioether (sulfide) groups is 2. The molecule has 0 saturated carbocycles. The number of amides is 1. The number of nitrogens with one attached hydrogen (secondary N) is 1. The van der Waals surface area contributed by atoms with Crippen LogP contribution in [0.2, 0.25) is 0 Å². The zero-order chi connectivity index (χ0) is 23.9. The molecule has 5 rings (SSSR count). The number of thiophene rings is 1. The Kier molecular flexibility index (Phi) is 6.45. The average molecular weight is 516 g/mol. The smallest absolute Gasteiger partial charge is 0.234 e. The predicted molar refractivity (Wildman–Crippen MR) is 137 cm³/mol. The van der Waals surface area contributed by atoms with Crippen molar-refractivity contribution in [3.63, 3.8) is 0 Å². The van der Waals surface area contributed by atoms with Gasteiger partial charge < -0.3 is 14.8 Å². The third-order valence-electron chi connectivity index (χ3n) is 6.04. The lowest BCUT2D eigenvalue weighted by Crippen LogP contribution is -2.33. The Hall–Kier alpha value is -2.34. The van der Waals surface area contributed by atoms with E-state index in [-0.39, 0.29) is 17.3 Å². The molecule has 178 valence electrons. The fourth-order valence-electron chi connectivity index (χ4n) is 4.00. The number of hydrogen-bond donors (Lipinski definition) is 1. The third-order valence-corrected chi connectivity index (χ3v) is 8.70. The van der Waals surface area contributed by atoms with Gasteiger partial charge in [-0.2, -0.15) is 0 Å². The molecule has 11 heteroatoms. The lowest BCUT2D eigenvalue weighted by atomic mass is 9.90. The van der Waals surface area contributed by atoms with Crippen LogP contribution in [0.15, 0.2) is 34.6 Å². The Balaban J connectivity index is 1.45. The van der Waals surface area contributed by atoms with Crippen molar-refractivity contribution in [2.24, 2.45) is 0 Å². The molecule has 1 N–H and O–H groups in total. The summed E-state index contributed by atoms with van der Waals surface area (Å²) < 4.78 is 13.3. The van der Waals surface area contributed by atoms with E-state index in [9.17, 15) is 4.79 Å². The van der Waals surface area contributed by atoms with Crippen molar-refractivity contribution in [2.75, 3.05) is 24.4 Å². The van der Waals surface area contributed by atoms with Crippen LogP contribution in [0.1, 0.15) is 30.7 Å². The standard InChI is InChI=1S/C23H25N5O3S3/c1-5-23(2)10-15-16(11-31-23)34-20-18(15)19-26-27-22(28(19)21(25-20)32-4)33-12-17(29)24-13-7-6-8-14(9-13)30-3/h6-9H,5,10-12H2,1-4H3,(H,24,29)/t23-/m0/s1. The van der Waals surface area contributed by atoms with Crippen LogP contribution >= 0.6 is 34.9 Å². The highest BCUT2D eigenvalue weighted by Gasteiger charge is 2.33. The average Bonchev–Trinajstić information content (AvgIpc) is 3.43. The number of benzene rings is 1. The number of anilines is 1. The van der Waals surface area contributed by atoms with Crippen LogP contribution in [0.4, 0.5) is 5.69 Å². The molecule has 4 aromatic rings. The first-order valence-corrected chi connectivity index (χ1v) is 13.9. The molecule has 1 aromatic carbocycles. The Bertz CT molecular complexity index is 1390. The second-order valence-electron chi connectivity index (χ2n) is 8.26. The lowest BCUT2D eigenvalue weighted by molar-refractivity contribution is -0.113. The van der Waals surface area contributed by atoms with Gasteiger partial charge >= 0.3 is 0 Å². The molecule has 0 unspecified atom stereocenters. The minimum Gasteiger partial charge on any atom is -0.497 e. The number of fused-ring (bicyclic) bond motifs is 5. The first kappa shape index (κ1) is 23.4. The molecule has 0 spiro atoms. The molecule has 1 atom stereocenters. The molecule has 1 amide bonds. The van der Waals surface area contributed by atoms with E-state index in [0.717, 1.165) is 33.9 Å². The molecule has 1 aliphatic rings. The van der Waals surface area contributed by atoms with E-state index in [2.05, 4.69) is 29.4 Å². The predicted octanol–water partition coefficient (Wildman–Crippen LogP) is 5.04. The number of rotatable bonds is 7. The van der Waals surface area contributed by atoms with Gasteiger partial charge in [-0.1, -0.05) is 36.5 Å². The second-order valence-corrected chi connectivity index (χ2v) is 11.1. The molecule has 0 aliphatic carbocycles. The zero-order valence-corrected chi connectivity index (χ0v) is 21.8. The van der Waals surface area contributed by atoms with E-state index in [4.69, 9.17) is 14.5 Å². The van der Waals surface area contributed by atoms with Crippen LogP contribution in [0.25, 0.3) is 15.9 Å². The number of nitrogens with zero attached hydrogens (tertiary/aromatic N) is 4. The number of carbonyl (C=O) groups is 1. The largest absolute Gasteiger partial charge is 0.497 e. The SMILES string of the molecule is CC[C@@]1(C)Cc2c(sc3nc(SC)n4c(SCC(=O)Nc5cccc(OC)c5)nnc4c23)CO1. The summed E-state index contributed by atoms with van der Waals surface area (Å²) in [7, 11) is 1.60. The van der Waals surface area contributed by atoms with Crippen LogP contribution in [0, 0.1) is 0 Å². The normalized spacial score (nSPS) is 17.8. The summed E-state index contributed by atoms with van der Waals surface area (Å²) in [4.78, 5) is 19.7. The van der Waals surface area contributed by atoms with Gasteiger partial charge in [0.2, 0.25) is 5.91 Å². The Labute approximate surface area is 209 Å². The van der Waals surface area contributed by atoms with Gasteiger partial charge in [0.15, 0.2) is 16.0 Å². The molecule has 34 heavy (non-hydrogen) atoms. The van der Waals surface area contributed by atoms with E-state index in [0.29, 0.717) is 23.2 Å². The summed E-state index contributed by atoms with van der Waals surface area (Å²) in [6.45, 7) is 4.91. The first-order chi connectivity index (χ1) is 16.4. The highest BCUT2D eigenvalue weighted by atomic mass is 32.2. The van der Waals surface area contributed by atoms with Crippen LogP contribution in [0.5, 0.6) is 5.75 Å². The monoisotopic (exact) mass is 515 g/mol. The Morgan fingerprint density at radius 3 is 2.97 bits per heavy atom. The Morgan fingerprint density at radius 2 is 2.21 bits per heavy atom. The summed E-state index contributed by atoms with van der Waals surface area (Å²) in [6, 6.07) is 7.29. The highest BCUT2D eigenvalue weighted by Crippen LogP contribution is 2.42. The summed E-state index contributed by atoms with van der Waals surface area (Å²) >= 11 is 4.57. The number of aromatic nitrogens is 4. The molecular weight excluding hydrogens is 490 g/mol. The molecule has 3 aromatic heterocycles. The van der Waals surface area contributed by atoms with E-state index in [1.54, 1.807) is 36.3 Å². The van der Waals surface area contributed by atoms with Gasteiger partial charge in [0.25, 0.3) is 0 Å². The number of carbonyl (C=O) groups excluding carboxylic acids is 1. The molecular formula is C23H25N5O3S3. The van der Waals surface area contributed by atoms with Crippen molar-refractivity contribution < 1.29 is 14.3 Å². The van der Waals surface area contributed by atoms with Gasteiger partial charge in [0, 0.05) is 23.1 Å². The summed E-state index contributed by atoms with van der Waals surface area (Å²) in [5.41, 5.74) is 2.56. The van der Waals surface area contributed by atoms with Crippen LogP contribution in [-0.4, -0.2) is 50.2 Å². The van der Waals surface area contributed by atoms with Gasteiger partial charge in [-0.25, -0.2) is 9.38 Å². The van der Waals surface area contributed by atoms with Crippen molar-refractivity contribution in [1.29, 1.82) is 0 Å². The van der Waals surface area contributed by atoms with Gasteiger partial charge in [0.05, 0.1) is 30.5 Å². The van der Waals surface area contributed by atoms with Crippen LogP contribution in [-0.2, 0) is 22.6 Å². The van der Waals surface area contributed by atoms with Crippen molar-refractivity contribution in [1.82, 2.24) is 19.6 Å². The van der Waals surface area contributed by atoms with Crippen LogP contribution < -0.4 is 10.1 Å². The molecule has 0 saturated heterocycles. The molecule has 0 fully saturated rings. The summed E-state index contributed by atoms with van der Waals surface area (Å²) in [5.74, 6) is 0.767. The Morgan fingerprint density at radius 1 is 1.35 bits per heavy atom. The first-order valence-electron chi connectivity index (χ1n) is 10.9. The number of ether oxygens (including phenoxy) is 2. The van der Waals surface area contributed by atoms with Gasteiger partial charge in [-0.3, -0.25) is 4.79 Å². The second kappa shape index (κ2) is 9.37. The third kappa shape index (κ3) is 4.26. The maximum Gasteiger partial charge on any atom is 0.234 e. The molecule has 8 nitrogen and oxygen atoms in total. The van der Waals surface area contributed by atoms with E-state index in [1.807, 2.05) is 28.9 Å². The highest BCUT2D eigenvalue weighted by molar-refractivity contribution is 8.00. The topological polar surface area (TPSA) is 90.6 Å². The van der Waals surface area contributed by atoms with Gasteiger partial charge in [0.1, 0.15) is 10.6 Å². The molecule has 4 heterocycles. The number of hydrogen-bond acceptors (Lipinski definition) is 9. The minimum absolute atomic E-state index is 0.126. The van der Waals surface area contributed by atoms with Crippen molar-refractivity contribution in [2.45, 2.75) is 49.2 Å². The summed E-state index contributed by atoms with van der Waals surface area (Å²) in [6.07, 6.45) is 3.75. The minimum atomic E-state index is -0.189. The van der Waals surface area contributed by atoms with Crippen molar-refractivity contribution >= 4 is 62.3 Å². The lowest BCUT2D eigenvalue weighted by Gasteiger charge is -2.32. The quantitative estimate of drug-likeness (QED) is 0.270. The summed E-state index contributed by atoms with van der Waals surface area (Å²) in [5, 5.41) is 14.4. The van der Waals surface area contributed by atoms with Gasteiger partial charge in [-0.05, 0) is 37.3 Å². The fraction of sp³-hybridized carbons (Fsp3) is 0.391. The zero-order valence-electron chi connectivity index (χ0n) is 19.4. The molecule has 0 bridgehead atoms. The molecule has 1 aliphatic heterocycles.